The van der Waals surface area contributed by atoms with Crippen LogP contribution in [0.3, 0.4) is 0 Å². The molecule has 0 aliphatic rings. The molecule has 1 rings (SSSR count). The van der Waals surface area contributed by atoms with E-state index < -0.39 is 11.8 Å². The first-order chi connectivity index (χ1) is 10.5. The molecule has 22 heavy (non-hydrogen) atoms. The average molecular weight is 314 g/mol. The third kappa shape index (κ3) is 9.83. The minimum Gasteiger partial charge on any atom is -0.394 e. The molecule has 0 saturated heterocycles. The van der Waals surface area contributed by atoms with Crippen molar-refractivity contribution < 1.29 is 29.3 Å². The molecule has 0 unspecified atom stereocenters. The molecule has 1 aromatic rings. The predicted molar refractivity (Wildman–Crippen MR) is 79.3 cm³/mol. The number of carbonyl (C=O) groups is 2. The van der Waals surface area contributed by atoms with Crippen LogP contribution in [-0.4, -0.2) is 61.7 Å². The summed E-state index contributed by atoms with van der Waals surface area (Å²) in [6.07, 6.45) is 0. The van der Waals surface area contributed by atoms with Crippen LogP contribution in [0.2, 0.25) is 0 Å². The summed E-state index contributed by atoms with van der Waals surface area (Å²) in [5, 5.41) is 16.5. The van der Waals surface area contributed by atoms with Gasteiger partial charge in [-0.1, -0.05) is 6.07 Å². The van der Waals surface area contributed by atoms with Crippen LogP contribution in [0.4, 0.5) is 0 Å². The molecule has 0 radical (unpaired) electrons. The first kappa shape index (κ1) is 20.0. The van der Waals surface area contributed by atoms with E-state index in [2.05, 4.69) is 0 Å². The zero-order chi connectivity index (χ0) is 16.8. The lowest BCUT2D eigenvalue weighted by Crippen LogP contribution is -2.14. The molecule has 0 saturated carbocycles. The SMILES string of the molecule is NC(=O)c1cccc(C(N)=O)c1.OCCOCCOCCO. The lowest BCUT2D eigenvalue weighted by atomic mass is 10.1. The van der Waals surface area contributed by atoms with Gasteiger partial charge in [0.2, 0.25) is 11.8 Å². The number of primary amides is 2. The van der Waals surface area contributed by atoms with Gasteiger partial charge in [-0.05, 0) is 18.2 Å². The molecule has 0 heterocycles. The molecular weight excluding hydrogens is 292 g/mol. The van der Waals surface area contributed by atoms with Crippen molar-refractivity contribution in [3.63, 3.8) is 0 Å². The Labute approximate surface area is 128 Å². The lowest BCUT2D eigenvalue weighted by Gasteiger charge is -2.01. The number of benzene rings is 1. The molecule has 0 aliphatic heterocycles. The molecule has 8 heteroatoms. The quantitative estimate of drug-likeness (QED) is 0.425. The van der Waals surface area contributed by atoms with Crippen molar-refractivity contribution in [1.29, 1.82) is 0 Å². The minimum atomic E-state index is -0.571. The highest BCUT2D eigenvalue weighted by Gasteiger charge is 2.03. The van der Waals surface area contributed by atoms with Crippen LogP contribution >= 0.6 is 0 Å². The summed E-state index contributed by atoms with van der Waals surface area (Å²) >= 11 is 0. The number of aliphatic hydroxyl groups is 2. The minimum absolute atomic E-state index is 0.0417. The van der Waals surface area contributed by atoms with E-state index in [1.54, 1.807) is 6.07 Å². The Bertz CT molecular complexity index is 415. The smallest absolute Gasteiger partial charge is 0.248 e. The summed E-state index contributed by atoms with van der Waals surface area (Å²) in [6.45, 7) is 1.73. The standard InChI is InChI=1S/C8H8N2O2.C6H14O4/c9-7(11)5-2-1-3-6(4-5)8(10)12;7-1-3-9-5-6-10-4-2-8/h1-4H,(H2,9,11)(H2,10,12);7-8H,1-6H2. The van der Waals surface area contributed by atoms with Gasteiger partial charge in [-0.25, -0.2) is 0 Å². The number of carbonyl (C=O) groups excluding carboxylic acids is 2. The van der Waals surface area contributed by atoms with Crippen molar-refractivity contribution in [2.75, 3.05) is 39.6 Å². The molecule has 0 aliphatic carbocycles. The molecule has 1 aromatic carbocycles. The summed E-state index contributed by atoms with van der Waals surface area (Å²) in [4.78, 5) is 21.3. The Morgan fingerprint density at radius 2 is 1.27 bits per heavy atom. The number of rotatable bonds is 9. The monoisotopic (exact) mass is 314 g/mol. The Morgan fingerprint density at radius 1 is 0.864 bits per heavy atom. The van der Waals surface area contributed by atoms with E-state index in [9.17, 15) is 9.59 Å². The Morgan fingerprint density at radius 3 is 1.59 bits per heavy atom. The summed E-state index contributed by atoms with van der Waals surface area (Å²) in [7, 11) is 0. The van der Waals surface area contributed by atoms with Gasteiger partial charge in [-0.3, -0.25) is 9.59 Å². The van der Waals surface area contributed by atoms with E-state index in [1.165, 1.54) is 18.2 Å². The Balaban J connectivity index is 0.000000409. The summed E-state index contributed by atoms with van der Waals surface area (Å²) in [5.41, 5.74) is 10.6. The molecule has 6 N–H and O–H groups in total. The van der Waals surface area contributed by atoms with Gasteiger partial charge in [0.15, 0.2) is 0 Å². The van der Waals surface area contributed by atoms with E-state index >= 15 is 0 Å². The van der Waals surface area contributed by atoms with Crippen molar-refractivity contribution in [3.8, 4) is 0 Å². The summed E-state index contributed by atoms with van der Waals surface area (Å²) < 4.78 is 9.75. The fourth-order valence-corrected chi connectivity index (χ4v) is 1.28. The average Bonchev–Trinajstić information content (AvgIpc) is 2.51. The van der Waals surface area contributed by atoms with Crippen LogP contribution in [0.5, 0.6) is 0 Å². The maximum atomic E-state index is 10.6. The number of amides is 2. The van der Waals surface area contributed by atoms with Gasteiger partial charge in [-0.2, -0.15) is 0 Å². The normalized spacial score (nSPS) is 9.73. The highest BCUT2D eigenvalue weighted by atomic mass is 16.5. The maximum Gasteiger partial charge on any atom is 0.248 e. The van der Waals surface area contributed by atoms with E-state index in [0.29, 0.717) is 26.4 Å². The van der Waals surface area contributed by atoms with Gasteiger partial charge in [-0.15, -0.1) is 0 Å². The van der Waals surface area contributed by atoms with Crippen LogP contribution in [0.1, 0.15) is 20.7 Å². The first-order valence-electron chi connectivity index (χ1n) is 6.59. The molecule has 0 fully saturated rings. The molecule has 2 amide bonds. The number of aliphatic hydroxyl groups excluding tert-OH is 2. The highest BCUT2D eigenvalue weighted by molar-refractivity contribution is 5.98. The van der Waals surface area contributed by atoms with Crippen LogP contribution in [0.15, 0.2) is 24.3 Å². The molecule has 0 aromatic heterocycles. The number of ether oxygens (including phenoxy) is 2. The number of nitrogens with two attached hydrogens (primary N) is 2. The molecular formula is C14H22N2O6. The van der Waals surface area contributed by atoms with E-state index in [4.69, 9.17) is 31.2 Å². The van der Waals surface area contributed by atoms with Crippen molar-refractivity contribution in [3.05, 3.63) is 35.4 Å². The van der Waals surface area contributed by atoms with Crippen molar-refractivity contribution >= 4 is 11.8 Å². The predicted octanol–water partition coefficient (Wildman–Crippen LogP) is -1.11. The van der Waals surface area contributed by atoms with E-state index in [-0.39, 0.29) is 24.3 Å². The van der Waals surface area contributed by atoms with Gasteiger partial charge >= 0.3 is 0 Å². The Hall–Kier alpha value is -2.00. The topological polar surface area (TPSA) is 145 Å². The summed E-state index contributed by atoms with van der Waals surface area (Å²) in [5.74, 6) is -1.14. The van der Waals surface area contributed by atoms with Crippen LogP contribution < -0.4 is 11.5 Å². The summed E-state index contributed by atoms with van der Waals surface area (Å²) in [6, 6.07) is 5.97. The molecule has 124 valence electrons. The van der Waals surface area contributed by atoms with Crippen LogP contribution in [0.25, 0.3) is 0 Å². The van der Waals surface area contributed by atoms with Gasteiger partial charge in [0.1, 0.15) is 0 Å². The number of hydrogen-bond donors (Lipinski definition) is 4. The second kappa shape index (κ2) is 12.7. The zero-order valence-corrected chi connectivity index (χ0v) is 12.2. The third-order valence-electron chi connectivity index (χ3n) is 2.27. The molecule has 8 nitrogen and oxygen atoms in total. The molecule has 0 bridgehead atoms. The lowest BCUT2D eigenvalue weighted by molar-refractivity contribution is 0.0222. The van der Waals surface area contributed by atoms with Crippen molar-refractivity contribution in [2.45, 2.75) is 0 Å². The second-order valence-corrected chi connectivity index (χ2v) is 3.98. The van der Waals surface area contributed by atoms with E-state index in [1.807, 2.05) is 0 Å². The van der Waals surface area contributed by atoms with Gasteiger partial charge in [0, 0.05) is 11.1 Å². The maximum absolute atomic E-state index is 10.6. The fourth-order valence-electron chi connectivity index (χ4n) is 1.28. The Kier molecular flexibility index (Phi) is 11.6. The van der Waals surface area contributed by atoms with Crippen LogP contribution in [0, 0.1) is 0 Å². The highest BCUT2D eigenvalue weighted by Crippen LogP contribution is 2.03. The van der Waals surface area contributed by atoms with Crippen molar-refractivity contribution in [2.24, 2.45) is 11.5 Å². The fraction of sp³-hybridized carbons (Fsp3) is 0.429. The van der Waals surface area contributed by atoms with Crippen molar-refractivity contribution in [1.82, 2.24) is 0 Å². The van der Waals surface area contributed by atoms with Gasteiger partial charge in [0.05, 0.1) is 39.6 Å². The molecule has 0 spiro atoms. The zero-order valence-electron chi connectivity index (χ0n) is 12.2. The van der Waals surface area contributed by atoms with Gasteiger partial charge < -0.3 is 31.2 Å². The first-order valence-corrected chi connectivity index (χ1v) is 6.59. The van der Waals surface area contributed by atoms with E-state index in [0.717, 1.165) is 0 Å². The van der Waals surface area contributed by atoms with Crippen LogP contribution in [-0.2, 0) is 9.47 Å². The largest absolute Gasteiger partial charge is 0.394 e. The number of hydrogen-bond acceptors (Lipinski definition) is 6. The van der Waals surface area contributed by atoms with Gasteiger partial charge in [0.25, 0.3) is 0 Å². The third-order valence-corrected chi connectivity index (χ3v) is 2.27. The second-order valence-electron chi connectivity index (χ2n) is 3.98. The molecule has 0 atom stereocenters.